The fraction of sp³-hybridized carbons (Fsp3) is 0.481. The van der Waals surface area contributed by atoms with Gasteiger partial charge in [0.25, 0.3) is 11.8 Å². The van der Waals surface area contributed by atoms with E-state index in [1.165, 1.54) is 24.1 Å². The van der Waals surface area contributed by atoms with Crippen molar-refractivity contribution in [2.75, 3.05) is 33.6 Å². The number of hydrogen-bond acceptors (Lipinski definition) is 7. The molecular formula is C27H30F2N2O7. The molecule has 2 heterocycles. The Bertz CT molecular complexity index is 1220. The van der Waals surface area contributed by atoms with Crippen LogP contribution in [0.2, 0.25) is 0 Å². The third kappa shape index (κ3) is 4.70. The first-order valence-corrected chi connectivity index (χ1v) is 12.6. The number of fused-ring (bicyclic) bond motifs is 2. The van der Waals surface area contributed by atoms with E-state index >= 15 is 0 Å². The number of methoxy groups -OCH3 is 1. The first-order valence-electron chi connectivity index (χ1n) is 12.6. The average Bonchev–Trinajstić information content (AvgIpc) is 3.22. The molecule has 38 heavy (non-hydrogen) atoms. The molecule has 2 aromatic rings. The summed E-state index contributed by atoms with van der Waals surface area (Å²) in [4.78, 5) is 28.0. The minimum absolute atomic E-state index is 0.0194. The van der Waals surface area contributed by atoms with Gasteiger partial charge in [-0.25, -0.2) is 8.78 Å². The molecule has 1 aliphatic carbocycles. The van der Waals surface area contributed by atoms with Crippen molar-refractivity contribution in [3.8, 4) is 23.0 Å². The van der Waals surface area contributed by atoms with Crippen molar-refractivity contribution in [2.24, 2.45) is 5.92 Å². The summed E-state index contributed by atoms with van der Waals surface area (Å²) >= 11 is 0. The maximum Gasteiger partial charge on any atom is 0.268 e. The van der Waals surface area contributed by atoms with E-state index in [1.807, 2.05) is 6.92 Å². The van der Waals surface area contributed by atoms with Crippen LogP contribution in [0, 0.1) is 5.92 Å². The highest BCUT2D eigenvalue weighted by Gasteiger charge is 2.72. The van der Waals surface area contributed by atoms with Gasteiger partial charge in [-0.1, -0.05) is 13.0 Å². The Morgan fingerprint density at radius 2 is 1.92 bits per heavy atom. The third-order valence-corrected chi connectivity index (χ3v) is 7.17. The molecule has 1 saturated carbocycles. The number of benzene rings is 2. The van der Waals surface area contributed by atoms with Crippen molar-refractivity contribution in [3.05, 3.63) is 47.5 Å². The van der Waals surface area contributed by atoms with Crippen LogP contribution in [0.25, 0.3) is 0 Å². The lowest BCUT2D eigenvalue weighted by Gasteiger charge is -2.35. The number of aliphatic hydroxyl groups is 1. The van der Waals surface area contributed by atoms with E-state index in [0.29, 0.717) is 47.1 Å². The number of rotatable bonds is 9. The van der Waals surface area contributed by atoms with E-state index in [4.69, 9.17) is 18.9 Å². The van der Waals surface area contributed by atoms with Gasteiger partial charge >= 0.3 is 0 Å². The number of carbonyl (C=O) groups is 2. The van der Waals surface area contributed by atoms with Crippen molar-refractivity contribution >= 4 is 11.8 Å². The van der Waals surface area contributed by atoms with Crippen LogP contribution in [0.4, 0.5) is 8.78 Å². The Morgan fingerprint density at radius 3 is 2.66 bits per heavy atom. The van der Waals surface area contributed by atoms with Gasteiger partial charge in [0.2, 0.25) is 12.7 Å². The van der Waals surface area contributed by atoms with E-state index in [1.54, 1.807) is 24.3 Å². The summed E-state index contributed by atoms with van der Waals surface area (Å²) in [6, 6.07) is 8.81. The van der Waals surface area contributed by atoms with Crippen molar-refractivity contribution in [3.63, 3.8) is 0 Å². The van der Waals surface area contributed by atoms with Gasteiger partial charge in [-0.3, -0.25) is 9.59 Å². The number of nitrogens with one attached hydrogen (secondary N) is 1. The number of amides is 2. The first-order chi connectivity index (χ1) is 18.3. The molecule has 4 atom stereocenters. The van der Waals surface area contributed by atoms with Gasteiger partial charge in [-0.2, -0.15) is 0 Å². The molecule has 0 radical (unpaired) electrons. The van der Waals surface area contributed by atoms with Gasteiger partial charge in [-0.05, 0) is 36.2 Å². The van der Waals surface area contributed by atoms with E-state index in [9.17, 15) is 23.5 Å². The average molecular weight is 533 g/mol. The Labute approximate surface area is 218 Å². The molecule has 204 valence electrons. The molecule has 0 bridgehead atoms. The second-order valence-electron chi connectivity index (χ2n) is 9.60. The Morgan fingerprint density at radius 1 is 1.13 bits per heavy atom. The number of hydrogen-bond donors (Lipinski definition) is 2. The summed E-state index contributed by atoms with van der Waals surface area (Å²) in [5, 5.41) is 12.2. The number of aliphatic hydroxyl groups excluding tert-OH is 1. The fourth-order valence-corrected chi connectivity index (χ4v) is 5.22. The molecule has 0 spiro atoms. The van der Waals surface area contributed by atoms with Gasteiger partial charge < -0.3 is 34.3 Å². The largest absolute Gasteiger partial charge is 0.497 e. The highest BCUT2D eigenvalue weighted by atomic mass is 19.3. The van der Waals surface area contributed by atoms with Crippen LogP contribution >= 0.6 is 0 Å². The zero-order valence-electron chi connectivity index (χ0n) is 21.1. The molecule has 0 aromatic heterocycles. The predicted octanol–water partition coefficient (Wildman–Crippen LogP) is 3.01. The lowest BCUT2D eigenvalue weighted by molar-refractivity contribution is -0.141. The molecule has 1 fully saturated rings. The lowest BCUT2D eigenvalue weighted by atomic mass is 9.95. The number of alkyl halides is 2. The number of nitrogens with zero attached hydrogens (tertiary/aromatic N) is 1. The SMILES string of the molecule is CCCN(CCO)C(=O)[C@H]1C[C@@H](NC(=O)C2C(c3ccc4c(c3)OCO4)C2(F)F)c2ccc(OC)cc2O1. The lowest BCUT2D eigenvalue weighted by Crippen LogP contribution is -2.47. The van der Waals surface area contributed by atoms with Crippen LogP contribution < -0.4 is 24.3 Å². The summed E-state index contributed by atoms with van der Waals surface area (Å²) in [7, 11) is 1.49. The Hall–Kier alpha value is -3.60. The summed E-state index contributed by atoms with van der Waals surface area (Å²) in [5.41, 5.74) is 0.861. The zero-order chi connectivity index (χ0) is 27.0. The molecule has 9 nitrogen and oxygen atoms in total. The highest BCUT2D eigenvalue weighted by molar-refractivity contribution is 5.86. The molecule has 11 heteroatoms. The summed E-state index contributed by atoms with van der Waals surface area (Å²) in [6.45, 7) is 2.29. The maximum atomic E-state index is 14.9. The third-order valence-electron chi connectivity index (χ3n) is 7.17. The zero-order valence-corrected chi connectivity index (χ0v) is 21.1. The van der Waals surface area contributed by atoms with Gasteiger partial charge in [-0.15, -0.1) is 0 Å². The monoisotopic (exact) mass is 532 g/mol. The van der Waals surface area contributed by atoms with E-state index < -0.39 is 35.8 Å². The van der Waals surface area contributed by atoms with E-state index in [-0.39, 0.29) is 32.3 Å². The minimum Gasteiger partial charge on any atom is -0.497 e. The molecular weight excluding hydrogens is 502 g/mol. The molecule has 0 saturated heterocycles. The second-order valence-corrected chi connectivity index (χ2v) is 9.60. The van der Waals surface area contributed by atoms with Gasteiger partial charge in [0.15, 0.2) is 17.6 Å². The summed E-state index contributed by atoms with van der Waals surface area (Å²) in [5.74, 6) is -5.59. The number of ether oxygens (including phenoxy) is 4. The maximum absolute atomic E-state index is 14.9. The van der Waals surface area contributed by atoms with Crippen LogP contribution in [0.15, 0.2) is 36.4 Å². The van der Waals surface area contributed by atoms with Crippen LogP contribution in [0.3, 0.4) is 0 Å². The van der Waals surface area contributed by atoms with Crippen molar-refractivity contribution < 1.29 is 42.4 Å². The predicted molar refractivity (Wildman–Crippen MR) is 131 cm³/mol. The van der Waals surface area contributed by atoms with E-state index in [0.717, 1.165) is 0 Å². The van der Waals surface area contributed by atoms with Crippen molar-refractivity contribution in [1.29, 1.82) is 0 Å². The topological polar surface area (TPSA) is 107 Å². The van der Waals surface area contributed by atoms with Crippen LogP contribution in [0.5, 0.6) is 23.0 Å². The fourth-order valence-electron chi connectivity index (χ4n) is 5.22. The molecule has 2 N–H and O–H groups in total. The van der Waals surface area contributed by atoms with Gasteiger partial charge in [0.05, 0.1) is 25.7 Å². The Kier molecular flexibility index (Phi) is 7.04. The molecule has 2 amide bonds. The van der Waals surface area contributed by atoms with Gasteiger partial charge in [0, 0.05) is 31.1 Å². The van der Waals surface area contributed by atoms with Crippen LogP contribution in [-0.2, 0) is 9.59 Å². The molecule has 3 aliphatic rings. The second kappa shape index (κ2) is 10.3. The van der Waals surface area contributed by atoms with Crippen LogP contribution in [-0.4, -0.2) is 67.4 Å². The normalized spacial score (nSPS) is 24.1. The van der Waals surface area contributed by atoms with Gasteiger partial charge in [0.1, 0.15) is 17.4 Å². The molecule has 2 unspecified atom stereocenters. The number of carbonyl (C=O) groups excluding carboxylic acids is 2. The quantitative estimate of drug-likeness (QED) is 0.512. The summed E-state index contributed by atoms with van der Waals surface area (Å²) in [6.07, 6.45) is -0.230. The van der Waals surface area contributed by atoms with Crippen molar-refractivity contribution in [1.82, 2.24) is 10.2 Å². The summed E-state index contributed by atoms with van der Waals surface area (Å²) < 4.78 is 51.7. The smallest absolute Gasteiger partial charge is 0.268 e. The minimum atomic E-state index is -3.24. The highest BCUT2D eigenvalue weighted by Crippen LogP contribution is 2.62. The molecule has 5 rings (SSSR count). The first kappa shape index (κ1) is 26.0. The number of halogens is 2. The molecule has 2 aromatic carbocycles. The standard InChI is InChI=1S/C27H30F2N2O7/c1-3-8-31(9-10-32)26(34)22-13-18(17-6-5-16(35-2)12-20(17)38-22)30-25(33)24-23(27(24,28)29)15-4-7-19-21(11-15)37-14-36-19/h4-7,11-12,18,22-24,32H,3,8-10,13-14H2,1-2H3,(H,30,33)/t18-,22-,23?,24?/m1/s1. The van der Waals surface area contributed by atoms with Crippen molar-refractivity contribution in [2.45, 2.75) is 43.8 Å². The molecule has 2 aliphatic heterocycles. The van der Waals surface area contributed by atoms with E-state index in [2.05, 4.69) is 5.32 Å². The van der Waals surface area contributed by atoms with Crippen LogP contribution in [0.1, 0.15) is 42.9 Å². The Balaban J connectivity index is 1.37.